The van der Waals surface area contributed by atoms with Gasteiger partial charge in [0.2, 0.25) is 0 Å². The van der Waals surface area contributed by atoms with Crippen LogP contribution in [0.1, 0.15) is 32.1 Å². The van der Waals surface area contributed by atoms with Crippen LogP contribution in [0.25, 0.3) is 0 Å². The van der Waals surface area contributed by atoms with Gasteiger partial charge in [-0.05, 0) is 12.8 Å². The van der Waals surface area contributed by atoms with Crippen molar-refractivity contribution in [2.24, 2.45) is 0 Å². The molecule has 1 saturated carbocycles. The predicted octanol–water partition coefficient (Wildman–Crippen LogP) is 1.82. The maximum absolute atomic E-state index is 10.8. The van der Waals surface area contributed by atoms with E-state index in [4.69, 9.17) is 0 Å². The van der Waals surface area contributed by atoms with Crippen LogP contribution in [0.15, 0.2) is 0 Å². The summed E-state index contributed by atoms with van der Waals surface area (Å²) in [5.74, 6) is 0.396. The lowest BCUT2D eigenvalue weighted by atomic mass is 10.2. The molecule has 1 atom stereocenters. The third-order valence-corrected chi connectivity index (χ3v) is 2.15. The van der Waals surface area contributed by atoms with Crippen LogP contribution in [-0.4, -0.2) is 11.0 Å². The molecule has 9 heavy (non-hydrogen) atoms. The fourth-order valence-electron chi connectivity index (χ4n) is 1.17. The molecule has 1 unspecified atom stereocenters. The number of ketones is 1. The lowest BCUT2D eigenvalue weighted by Crippen LogP contribution is -2.02. The first-order valence-corrected chi connectivity index (χ1v) is 4.00. The number of carbonyl (C=O) groups is 1. The molecule has 1 rings (SSSR count). The number of carbonyl (C=O) groups excluding carboxylic acids is 1. The van der Waals surface area contributed by atoms with E-state index >= 15 is 0 Å². The molecule has 0 aliphatic heterocycles. The Bertz CT molecular complexity index is 111. The molecule has 0 heterocycles. The van der Waals surface area contributed by atoms with Crippen molar-refractivity contribution in [1.82, 2.24) is 0 Å². The summed E-state index contributed by atoms with van der Waals surface area (Å²) in [5, 5.41) is 0.347. The summed E-state index contributed by atoms with van der Waals surface area (Å²) in [6, 6.07) is 0. The monoisotopic (exact) mass is 144 g/mol. The molecule has 0 aromatic heterocycles. The minimum Gasteiger partial charge on any atom is -0.300 e. The normalized spacial score (nSPS) is 29.9. The van der Waals surface area contributed by atoms with Crippen molar-refractivity contribution < 1.29 is 4.79 Å². The van der Waals surface area contributed by atoms with E-state index < -0.39 is 0 Å². The number of hydrogen-bond donors (Lipinski definition) is 1. The smallest absolute Gasteiger partial charge is 0.134 e. The first-order chi connectivity index (χ1) is 4.29. The van der Waals surface area contributed by atoms with Gasteiger partial charge in [0.05, 0.1) is 0 Å². The highest BCUT2D eigenvalue weighted by molar-refractivity contribution is 7.81. The average Bonchev–Trinajstić information content (AvgIpc) is 1.93. The average molecular weight is 144 g/mol. The Labute approximate surface area is 61.2 Å². The van der Waals surface area contributed by atoms with Crippen LogP contribution in [-0.2, 0) is 4.79 Å². The van der Waals surface area contributed by atoms with Gasteiger partial charge in [-0.3, -0.25) is 4.79 Å². The fraction of sp³-hybridized carbons (Fsp3) is 0.857. The predicted molar refractivity (Wildman–Crippen MR) is 40.9 cm³/mol. The Morgan fingerprint density at radius 2 is 2.22 bits per heavy atom. The summed E-state index contributed by atoms with van der Waals surface area (Å²) in [6.45, 7) is 0. The Hall–Kier alpha value is 0.0200. The van der Waals surface area contributed by atoms with Gasteiger partial charge in [-0.2, -0.15) is 12.6 Å². The van der Waals surface area contributed by atoms with Gasteiger partial charge in [-0.25, -0.2) is 0 Å². The first-order valence-electron chi connectivity index (χ1n) is 3.49. The molecular weight excluding hydrogens is 132 g/mol. The number of rotatable bonds is 0. The number of Topliss-reactive ketones (excluding diaryl/α,β-unsaturated/α-hetero) is 1. The summed E-state index contributed by atoms with van der Waals surface area (Å²) in [7, 11) is 0. The minimum atomic E-state index is 0.347. The topological polar surface area (TPSA) is 17.1 Å². The van der Waals surface area contributed by atoms with E-state index in [-0.39, 0.29) is 0 Å². The Kier molecular flexibility index (Phi) is 2.58. The second-order valence-corrected chi connectivity index (χ2v) is 3.37. The number of thiol groups is 1. The van der Waals surface area contributed by atoms with E-state index in [9.17, 15) is 4.79 Å². The van der Waals surface area contributed by atoms with Gasteiger partial charge >= 0.3 is 0 Å². The van der Waals surface area contributed by atoms with Crippen LogP contribution < -0.4 is 0 Å². The van der Waals surface area contributed by atoms with Crippen LogP contribution >= 0.6 is 12.6 Å². The van der Waals surface area contributed by atoms with Gasteiger partial charge in [0, 0.05) is 18.1 Å². The zero-order valence-electron chi connectivity index (χ0n) is 5.47. The van der Waals surface area contributed by atoms with Crippen molar-refractivity contribution in [3.63, 3.8) is 0 Å². The van der Waals surface area contributed by atoms with Gasteiger partial charge in [0.15, 0.2) is 0 Å². The molecular formula is C7H12OS. The summed E-state index contributed by atoms with van der Waals surface area (Å²) in [6.07, 6.45) is 4.87. The zero-order valence-corrected chi connectivity index (χ0v) is 6.36. The molecule has 1 nitrogen and oxygen atoms in total. The third-order valence-electron chi connectivity index (χ3n) is 1.71. The van der Waals surface area contributed by atoms with E-state index in [1.807, 2.05) is 0 Å². The maximum Gasteiger partial charge on any atom is 0.134 e. The Morgan fingerprint density at radius 3 is 3.00 bits per heavy atom. The van der Waals surface area contributed by atoms with E-state index in [2.05, 4.69) is 12.6 Å². The largest absolute Gasteiger partial charge is 0.300 e. The van der Waals surface area contributed by atoms with Crippen molar-refractivity contribution in [3.8, 4) is 0 Å². The molecule has 1 fully saturated rings. The first kappa shape index (κ1) is 7.13. The van der Waals surface area contributed by atoms with Gasteiger partial charge < -0.3 is 0 Å². The Morgan fingerprint density at radius 1 is 1.44 bits per heavy atom. The highest BCUT2D eigenvalue weighted by Gasteiger charge is 2.13. The van der Waals surface area contributed by atoms with Crippen molar-refractivity contribution in [2.45, 2.75) is 37.4 Å². The van der Waals surface area contributed by atoms with E-state index in [0.29, 0.717) is 17.5 Å². The quantitative estimate of drug-likeness (QED) is 0.405. The van der Waals surface area contributed by atoms with Crippen molar-refractivity contribution in [1.29, 1.82) is 0 Å². The van der Waals surface area contributed by atoms with Gasteiger partial charge in [0.1, 0.15) is 5.78 Å². The maximum atomic E-state index is 10.8. The molecule has 0 bridgehead atoms. The van der Waals surface area contributed by atoms with Gasteiger partial charge in [-0.1, -0.05) is 6.42 Å². The summed E-state index contributed by atoms with van der Waals surface area (Å²) in [4.78, 5) is 10.8. The van der Waals surface area contributed by atoms with Crippen LogP contribution in [0.5, 0.6) is 0 Å². The van der Waals surface area contributed by atoms with Crippen molar-refractivity contribution in [3.05, 3.63) is 0 Å². The van der Waals surface area contributed by atoms with E-state index in [1.165, 1.54) is 6.42 Å². The van der Waals surface area contributed by atoms with Gasteiger partial charge in [0.25, 0.3) is 0 Å². The lowest BCUT2D eigenvalue weighted by molar-refractivity contribution is -0.118. The van der Waals surface area contributed by atoms with E-state index in [0.717, 1.165) is 19.3 Å². The second kappa shape index (κ2) is 3.25. The fourth-order valence-corrected chi connectivity index (χ4v) is 1.56. The molecule has 0 aromatic carbocycles. The van der Waals surface area contributed by atoms with Crippen LogP contribution in [0.2, 0.25) is 0 Å². The molecule has 1 aliphatic carbocycles. The van der Waals surface area contributed by atoms with Crippen molar-refractivity contribution >= 4 is 18.4 Å². The molecule has 0 radical (unpaired) electrons. The van der Waals surface area contributed by atoms with Crippen LogP contribution in [0, 0.1) is 0 Å². The highest BCUT2D eigenvalue weighted by atomic mass is 32.1. The molecule has 0 N–H and O–H groups in total. The molecule has 2 heteroatoms. The molecule has 1 aliphatic rings. The molecule has 0 saturated heterocycles. The summed E-state index contributed by atoms with van der Waals surface area (Å²) >= 11 is 4.27. The lowest BCUT2D eigenvalue weighted by Gasteiger charge is -2.01. The Balaban J connectivity index is 2.37. The summed E-state index contributed by atoms with van der Waals surface area (Å²) < 4.78 is 0. The third kappa shape index (κ3) is 2.39. The molecule has 0 amide bonds. The van der Waals surface area contributed by atoms with E-state index in [1.54, 1.807) is 0 Å². The summed E-state index contributed by atoms with van der Waals surface area (Å²) in [5.41, 5.74) is 0. The second-order valence-electron chi connectivity index (χ2n) is 2.64. The molecule has 0 aromatic rings. The van der Waals surface area contributed by atoms with Crippen molar-refractivity contribution in [2.75, 3.05) is 0 Å². The highest BCUT2D eigenvalue weighted by Crippen LogP contribution is 2.18. The minimum absolute atomic E-state index is 0.347. The zero-order chi connectivity index (χ0) is 6.69. The SMILES string of the molecule is O=C1CCCCC(S)C1. The van der Waals surface area contributed by atoms with Crippen LogP contribution in [0.4, 0.5) is 0 Å². The standard InChI is InChI=1S/C7H12OS/c8-6-3-1-2-4-7(9)5-6/h7,9H,1-5H2. The molecule has 52 valence electrons. The van der Waals surface area contributed by atoms with Gasteiger partial charge in [-0.15, -0.1) is 0 Å². The molecule has 0 spiro atoms. The number of hydrogen-bond acceptors (Lipinski definition) is 2. The van der Waals surface area contributed by atoms with Crippen LogP contribution in [0.3, 0.4) is 0 Å².